The average Bonchev–Trinajstić information content (AvgIpc) is 2.86. The number of hydrogen-bond donors (Lipinski definition) is 3. The molecule has 1 heterocycles. The zero-order chi connectivity index (χ0) is 25.8. The molecule has 0 saturated heterocycles. The number of rotatable bonds is 9. The van der Waals surface area contributed by atoms with Gasteiger partial charge in [0.1, 0.15) is 23.0 Å². The number of unbranched alkanes of at least 4 members (excludes halogenated alkanes) is 1. The number of nitrogens with two attached hydrogens (primary N) is 1. The number of carbonyl (C=O) groups is 1. The maximum atomic E-state index is 13.7. The van der Waals surface area contributed by atoms with Crippen molar-refractivity contribution < 1.29 is 27.8 Å². The van der Waals surface area contributed by atoms with Crippen molar-refractivity contribution in [2.45, 2.75) is 36.0 Å². The smallest absolute Gasteiger partial charge is 0.281 e. The summed E-state index contributed by atoms with van der Waals surface area (Å²) in [6, 6.07) is 9.58. The summed E-state index contributed by atoms with van der Waals surface area (Å²) in [5.41, 5.74) is 1.20. The van der Waals surface area contributed by atoms with Gasteiger partial charge in [0.2, 0.25) is 15.7 Å². The van der Waals surface area contributed by atoms with Crippen molar-refractivity contribution in [3.05, 3.63) is 64.2 Å². The third-order valence-electron chi connectivity index (χ3n) is 5.30. The van der Waals surface area contributed by atoms with Gasteiger partial charge in [0.05, 0.1) is 19.1 Å². The second-order valence-corrected chi connectivity index (χ2v) is 9.32. The van der Waals surface area contributed by atoms with Crippen LogP contribution in [-0.2, 0) is 16.3 Å². The number of nitrogens with zero attached hydrogens (tertiary/aromatic N) is 2. The molecule has 11 nitrogen and oxygen atoms in total. The minimum atomic E-state index is -4.55. The van der Waals surface area contributed by atoms with E-state index in [0.29, 0.717) is 6.42 Å². The summed E-state index contributed by atoms with van der Waals surface area (Å²) in [6.45, 7) is 1.94. The summed E-state index contributed by atoms with van der Waals surface area (Å²) in [4.78, 5) is 28.3. The Kier molecular flexibility index (Phi) is 7.77. The maximum absolute atomic E-state index is 13.7. The van der Waals surface area contributed by atoms with E-state index in [1.807, 2.05) is 12.3 Å². The van der Waals surface area contributed by atoms with Gasteiger partial charge in [-0.1, -0.05) is 19.4 Å². The fourth-order valence-electron chi connectivity index (χ4n) is 3.54. The molecule has 0 aliphatic carbocycles. The van der Waals surface area contributed by atoms with Crippen LogP contribution < -0.4 is 26.3 Å². The summed E-state index contributed by atoms with van der Waals surface area (Å²) in [5.74, 6) is 4.20. The van der Waals surface area contributed by atoms with Gasteiger partial charge < -0.3 is 14.6 Å². The first-order valence-corrected chi connectivity index (χ1v) is 12.1. The molecule has 0 aliphatic rings. The highest BCUT2D eigenvalue weighted by Crippen LogP contribution is 2.34. The topological polar surface area (TPSA) is 163 Å². The third-order valence-corrected chi connectivity index (χ3v) is 7.09. The minimum absolute atomic E-state index is 0.111. The summed E-state index contributed by atoms with van der Waals surface area (Å²) in [5, 5.41) is 10.6. The second-order valence-electron chi connectivity index (χ2n) is 7.44. The summed E-state index contributed by atoms with van der Waals surface area (Å²) >= 11 is 0. The van der Waals surface area contributed by atoms with Gasteiger partial charge in [0.15, 0.2) is 4.90 Å². The first-order valence-electron chi connectivity index (χ1n) is 10.6. The van der Waals surface area contributed by atoms with Crippen molar-refractivity contribution in [3.8, 4) is 23.1 Å². The molecule has 2 aromatic carbocycles. The van der Waals surface area contributed by atoms with E-state index in [1.165, 1.54) is 26.4 Å². The highest BCUT2D eigenvalue weighted by Gasteiger charge is 2.31. The third kappa shape index (κ3) is 4.84. The Morgan fingerprint density at radius 2 is 1.71 bits per heavy atom. The van der Waals surface area contributed by atoms with Crippen LogP contribution in [-0.4, -0.2) is 43.2 Å². The number of amides is 1. The quantitative estimate of drug-likeness (QED) is 0.225. The first-order chi connectivity index (χ1) is 16.7. The van der Waals surface area contributed by atoms with E-state index in [9.17, 15) is 23.1 Å². The number of sulfone groups is 1. The number of aromatic hydroxyl groups is 1. The molecular formula is C23H26N4O7S. The zero-order valence-electron chi connectivity index (χ0n) is 19.4. The fourth-order valence-corrected chi connectivity index (χ4v) is 4.88. The molecule has 4 N–H and O–H groups in total. The molecule has 3 rings (SSSR count). The Balaban J connectivity index is 2.33. The molecule has 0 atom stereocenters. The van der Waals surface area contributed by atoms with Gasteiger partial charge in [-0.25, -0.2) is 14.3 Å². The molecule has 3 aromatic rings. The van der Waals surface area contributed by atoms with Gasteiger partial charge in [-0.2, -0.15) is 4.98 Å². The van der Waals surface area contributed by atoms with E-state index in [0.717, 1.165) is 23.1 Å². The van der Waals surface area contributed by atoms with Crippen molar-refractivity contribution in [3.63, 3.8) is 0 Å². The highest BCUT2D eigenvalue weighted by atomic mass is 32.2. The number of aromatic nitrogens is 2. The van der Waals surface area contributed by atoms with Crippen LogP contribution in [0.5, 0.6) is 17.4 Å². The number of para-hydroxylation sites is 1. The number of ether oxygens (including phenoxy) is 2. The fraction of sp³-hybridized carbons (Fsp3) is 0.261. The standard InChI is InChI=1S/C23H26N4O7S/c1-4-5-9-18-25-22(29)20(35(31,32)15-12-10-14(11-13-15)21(28)26-24)23(30)27(18)19-16(33-2)7-6-8-17(19)34-3/h6-8,10-13,29H,4-5,9,24H2,1-3H3,(H,26,28). The van der Waals surface area contributed by atoms with Crippen LogP contribution in [0.2, 0.25) is 0 Å². The molecule has 0 unspecified atom stereocenters. The molecule has 1 amide bonds. The van der Waals surface area contributed by atoms with Crippen molar-refractivity contribution in [1.82, 2.24) is 15.0 Å². The molecular weight excluding hydrogens is 476 g/mol. The summed E-state index contributed by atoms with van der Waals surface area (Å²) in [6.07, 6.45) is 1.67. The molecule has 35 heavy (non-hydrogen) atoms. The Morgan fingerprint density at radius 1 is 1.11 bits per heavy atom. The summed E-state index contributed by atoms with van der Waals surface area (Å²) in [7, 11) is -1.74. The Labute approximate surface area is 202 Å². The number of aryl methyl sites for hydroxylation is 1. The molecule has 0 spiro atoms. The maximum Gasteiger partial charge on any atom is 0.281 e. The molecule has 0 fully saturated rings. The number of nitrogens with one attached hydrogen (secondary N) is 1. The van der Waals surface area contributed by atoms with Crippen LogP contribution in [0, 0.1) is 0 Å². The SMILES string of the molecule is CCCCc1nc(O)c(S(=O)(=O)c2ccc(C(=O)NN)cc2)c(=O)n1-c1c(OC)cccc1OC. The number of nitrogen functional groups attached to an aromatic ring is 1. The number of benzene rings is 2. The van der Waals surface area contributed by atoms with E-state index in [1.54, 1.807) is 18.2 Å². The van der Waals surface area contributed by atoms with Gasteiger partial charge in [-0.05, 0) is 42.8 Å². The van der Waals surface area contributed by atoms with Crippen LogP contribution in [0.3, 0.4) is 0 Å². The molecule has 0 aliphatic heterocycles. The van der Waals surface area contributed by atoms with Crippen molar-refractivity contribution >= 4 is 15.7 Å². The van der Waals surface area contributed by atoms with E-state index >= 15 is 0 Å². The van der Waals surface area contributed by atoms with Crippen LogP contribution in [0.25, 0.3) is 5.69 Å². The second kappa shape index (κ2) is 10.6. The molecule has 0 radical (unpaired) electrons. The normalized spacial score (nSPS) is 11.2. The predicted octanol–water partition coefficient (Wildman–Crippen LogP) is 1.73. The van der Waals surface area contributed by atoms with Crippen molar-refractivity contribution in [2.75, 3.05) is 14.2 Å². The molecule has 186 valence electrons. The molecule has 12 heteroatoms. The number of hydrogen-bond acceptors (Lipinski definition) is 9. The van der Waals surface area contributed by atoms with Crippen LogP contribution >= 0.6 is 0 Å². The van der Waals surface area contributed by atoms with Gasteiger partial charge >= 0.3 is 0 Å². The lowest BCUT2D eigenvalue weighted by Crippen LogP contribution is -2.30. The lowest BCUT2D eigenvalue weighted by molar-refractivity contribution is 0.0953. The van der Waals surface area contributed by atoms with Gasteiger partial charge in [-0.15, -0.1) is 0 Å². The number of carbonyl (C=O) groups excluding carboxylic acids is 1. The highest BCUT2D eigenvalue weighted by molar-refractivity contribution is 7.91. The van der Waals surface area contributed by atoms with E-state index in [2.05, 4.69) is 4.98 Å². The van der Waals surface area contributed by atoms with E-state index < -0.39 is 32.1 Å². The zero-order valence-corrected chi connectivity index (χ0v) is 20.3. The molecule has 0 bridgehead atoms. The summed E-state index contributed by atoms with van der Waals surface area (Å²) < 4.78 is 38.8. The Hall–Kier alpha value is -3.90. The van der Waals surface area contributed by atoms with Gasteiger partial charge in [0, 0.05) is 12.0 Å². The van der Waals surface area contributed by atoms with Crippen LogP contribution in [0.4, 0.5) is 0 Å². The van der Waals surface area contributed by atoms with Crippen molar-refractivity contribution in [1.29, 1.82) is 0 Å². The predicted molar refractivity (Wildman–Crippen MR) is 127 cm³/mol. The van der Waals surface area contributed by atoms with E-state index in [-0.39, 0.29) is 39.9 Å². The lowest BCUT2D eigenvalue weighted by Gasteiger charge is -2.19. The van der Waals surface area contributed by atoms with Crippen LogP contribution in [0.1, 0.15) is 35.9 Å². The average molecular weight is 503 g/mol. The Morgan fingerprint density at radius 3 is 2.23 bits per heavy atom. The van der Waals surface area contributed by atoms with Gasteiger partial charge in [-0.3, -0.25) is 19.6 Å². The molecule has 1 aromatic heterocycles. The largest absolute Gasteiger partial charge is 0.494 e. The monoisotopic (exact) mass is 502 g/mol. The first kappa shape index (κ1) is 25.7. The number of methoxy groups -OCH3 is 2. The van der Waals surface area contributed by atoms with Crippen molar-refractivity contribution in [2.24, 2.45) is 5.84 Å². The number of hydrazine groups is 1. The van der Waals surface area contributed by atoms with E-state index in [4.69, 9.17) is 15.3 Å². The van der Waals surface area contributed by atoms with Crippen LogP contribution in [0.15, 0.2) is 57.1 Å². The minimum Gasteiger partial charge on any atom is -0.494 e. The van der Waals surface area contributed by atoms with Gasteiger partial charge in [0.25, 0.3) is 11.5 Å². The molecule has 0 saturated carbocycles. The Bertz CT molecular complexity index is 1380. The lowest BCUT2D eigenvalue weighted by atomic mass is 10.2.